The summed E-state index contributed by atoms with van der Waals surface area (Å²) in [7, 11) is 0. The van der Waals surface area contributed by atoms with Gasteiger partial charge >= 0.3 is 0 Å². The van der Waals surface area contributed by atoms with Crippen molar-refractivity contribution in [1.29, 1.82) is 0 Å². The normalized spacial score (nSPS) is 41.5. The van der Waals surface area contributed by atoms with E-state index in [0.717, 1.165) is 37.0 Å². The van der Waals surface area contributed by atoms with E-state index in [1.165, 1.54) is 31.3 Å². The Morgan fingerprint density at radius 3 is 2.48 bits per heavy atom. The Kier molecular flexibility index (Phi) is 5.50. The van der Waals surface area contributed by atoms with Crippen molar-refractivity contribution < 1.29 is 4.79 Å². The van der Waals surface area contributed by atoms with Crippen LogP contribution in [0.1, 0.15) is 86.5 Å². The Bertz CT molecular complexity index is 752. The quantitative estimate of drug-likeness (QED) is 0.450. The van der Waals surface area contributed by atoms with Crippen molar-refractivity contribution in [1.82, 2.24) is 0 Å². The van der Waals surface area contributed by atoms with E-state index >= 15 is 0 Å². The first-order valence-corrected chi connectivity index (χ1v) is 12.3. The molecule has 0 aromatic heterocycles. The topological polar surface area (TPSA) is 17.1 Å². The van der Waals surface area contributed by atoms with E-state index in [4.69, 9.17) is 0 Å². The lowest BCUT2D eigenvalue weighted by Crippen LogP contribution is -2.46. The van der Waals surface area contributed by atoms with Gasteiger partial charge in [-0.15, -0.1) is 0 Å². The molecule has 7 atom stereocenters. The minimum atomic E-state index is 0.246. The number of ketones is 1. The Balaban J connectivity index is 1.57. The van der Waals surface area contributed by atoms with Gasteiger partial charge in [-0.25, -0.2) is 0 Å². The van der Waals surface area contributed by atoms with Crippen LogP contribution in [0.2, 0.25) is 0 Å². The molecule has 1 nitrogen and oxygen atoms in total. The number of hydrogen-bond acceptors (Lipinski definition) is 1. The highest BCUT2D eigenvalue weighted by molar-refractivity contribution is 5.91. The Hall–Kier alpha value is -1.11. The van der Waals surface area contributed by atoms with Gasteiger partial charge in [0.05, 0.1) is 0 Å². The van der Waals surface area contributed by atoms with Gasteiger partial charge < -0.3 is 0 Å². The highest BCUT2D eigenvalue weighted by atomic mass is 16.1. The van der Waals surface area contributed by atoms with Gasteiger partial charge in [0.25, 0.3) is 0 Å². The van der Waals surface area contributed by atoms with Crippen LogP contribution in [0.4, 0.5) is 0 Å². The van der Waals surface area contributed by atoms with Gasteiger partial charge in [-0.2, -0.15) is 0 Å². The molecule has 4 aliphatic carbocycles. The van der Waals surface area contributed by atoms with Crippen LogP contribution in [0.5, 0.6) is 0 Å². The van der Waals surface area contributed by atoms with E-state index in [2.05, 4.69) is 59.8 Å². The van der Waals surface area contributed by atoms with Crippen LogP contribution >= 0.6 is 0 Å². The molecular formula is C28H42O. The van der Waals surface area contributed by atoms with E-state index < -0.39 is 0 Å². The molecule has 0 heterocycles. The predicted octanol–water partition coefficient (Wildman–Crippen LogP) is 7.54. The average Bonchev–Trinajstić information content (AvgIpc) is 3.03. The molecule has 0 bridgehead atoms. The van der Waals surface area contributed by atoms with Crippen molar-refractivity contribution in [3.05, 3.63) is 35.5 Å². The van der Waals surface area contributed by atoms with Crippen LogP contribution in [0.15, 0.2) is 35.5 Å². The van der Waals surface area contributed by atoms with Gasteiger partial charge in [0.15, 0.2) is 5.78 Å². The maximum Gasteiger partial charge on any atom is 0.155 e. The van der Waals surface area contributed by atoms with Crippen molar-refractivity contribution in [3.63, 3.8) is 0 Å². The highest BCUT2D eigenvalue weighted by Crippen LogP contribution is 2.66. The number of allylic oxidation sites excluding steroid dienone is 6. The van der Waals surface area contributed by atoms with Gasteiger partial charge in [-0.1, -0.05) is 70.9 Å². The zero-order valence-electron chi connectivity index (χ0n) is 19.6. The second-order valence-electron chi connectivity index (χ2n) is 11.6. The molecule has 0 saturated heterocycles. The summed E-state index contributed by atoms with van der Waals surface area (Å²) in [5, 5.41) is 0. The molecule has 0 spiro atoms. The standard InChI is InChI=1S/C28H42O/c1-18(2)19(3)7-8-20(4)24-11-12-25-23-10-9-21-17-22(29)13-15-27(21,5)26(23)14-16-28(24,25)6/h7-8,10,17-20,24-26H,9,11-16H2,1-6H3/b8-7+/t19-,20+,24-,25+,26-,27-,28+/m0/s1. The number of carbonyl (C=O) groups excluding carboxylic acids is 1. The van der Waals surface area contributed by atoms with Crippen molar-refractivity contribution in [3.8, 4) is 0 Å². The van der Waals surface area contributed by atoms with Gasteiger partial charge in [-0.3, -0.25) is 4.79 Å². The molecule has 0 amide bonds. The third-order valence-corrected chi connectivity index (χ3v) is 9.88. The van der Waals surface area contributed by atoms with Gasteiger partial charge in [0, 0.05) is 6.42 Å². The molecular weight excluding hydrogens is 352 g/mol. The van der Waals surface area contributed by atoms with E-state index in [1.54, 1.807) is 5.57 Å². The molecule has 1 heteroatoms. The lowest BCUT2D eigenvalue weighted by atomic mass is 9.50. The van der Waals surface area contributed by atoms with Crippen LogP contribution in [0, 0.1) is 46.3 Å². The van der Waals surface area contributed by atoms with Crippen molar-refractivity contribution in [2.24, 2.45) is 46.3 Å². The van der Waals surface area contributed by atoms with Gasteiger partial charge in [0.2, 0.25) is 0 Å². The molecule has 4 rings (SSSR count). The maximum absolute atomic E-state index is 12.0. The first kappa shape index (κ1) is 21.1. The summed E-state index contributed by atoms with van der Waals surface area (Å²) < 4.78 is 0. The summed E-state index contributed by atoms with van der Waals surface area (Å²) in [4.78, 5) is 12.0. The largest absolute Gasteiger partial charge is 0.295 e. The minimum Gasteiger partial charge on any atom is -0.295 e. The second-order valence-corrected chi connectivity index (χ2v) is 11.6. The number of carbonyl (C=O) groups is 1. The molecule has 4 aliphatic rings. The monoisotopic (exact) mass is 394 g/mol. The fourth-order valence-corrected chi connectivity index (χ4v) is 7.47. The number of hydrogen-bond donors (Lipinski definition) is 0. The molecule has 29 heavy (non-hydrogen) atoms. The summed E-state index contributed by atoms with van der Waals surface area (Å²) in [6.07, 6.45) is 17.9. The molecule has 0 N–H and O–H groups in total. The lowest BCUT2D eigenvalue weighted by Gasteiger charge is -2.54. The molecule has 0 radical (unpaired) electrons. The molecule has 0 unspecified atom stereocenters. The molecule has 0 aliphatic heterocycles. The average molecular weight is 395 g/mol. The van der Waals surface area contributed by atoms with Gasteiger partial charge in [0.1, 0.15) is 0 Å². The van der Waals surface area contributed by atoms with Crippen LogP contribution in [0.3, 0.4) is 0 Å². The number of rotatable bonds is 4. The van der Waals surface area contributed by atoms with Crippen molar-refractivity contribution >= 4 is 5.78 Å². The zero-order chi connectivity index (χ0) is 21.0. The summed E-state index contributed by atoms with van der Waals surface area (Å²) in [5.41, 5.74) is 3.91. The van der Waals surface area contributed by atoms with Gasteiger partial charge in [-0.05, 0) is 90.9 Å². The SMILES string of the molecule is CC(C)[C@@H](C)/C=C/[C@@H](C)[C@@H]1CC[C@@H]2C3=CCC4=CC(=O)CC[C@]4(C)[C@H]3CC[C@@]21C. The summed E-state index contributed by atoms with van der Waals surface area (Å²) in [6.45, 7) is 14.6. The van der Waals surface area contributed by atoms with Crippen LogP contribution in [0.25, 0.3) is 0 Å². The molecule has 160 valence electrons. The van der Waals surface area contributed by atoms with Crippen LogP contribution in [-0.4, -0.2) is 5.78 Å². The summed E-state index contributed by atoms with van der Waals surface area (Å²) >= 11 is 0. The fourth-order valence-electron chi connectivity index (χ4n) is 7.47. The Morgan fingerprint density at radius 1 is 1.00 bits per heavy atom. The zero-order valence-corrected chi connectivity index (χ0v) is 19.6. The predicted molar refractivity (Wildman–Crippen MR) is 122 cm³/mol. The van der Waals surface area contributed by atoms with Crippen LogP contribution < -0.4 is 0 Å². The maximum atomic E-state index is 12.0. The third-order valence-electron chi connectivity index (χ3n) is 9.88. The Labute approximate surface area is 179 Å². The number of fused-ring (bicyclic) bond motifs is 5. The van der Waals surface area contributed by atoms with E-state index in [-0.39, 0.29) is 5.41 Å². The molecule has 0 aromatic carbocycles. The summed E-state index contributed by atoms with van der Waals surface area (Å²) in [5.74, 6) is 4.66. The molecule has 2 fully saturated rings. The highest BCUT2D eigenvalue weighted by Gasteiger charge is 2.56. The van der Waals surface area contributed by atoms with E-state index in [1.807, 2.05) is 6.08 Å². The molecule has 2 saturated carbocycles. The second kappa shape index (κ2) is 7.54. The smallest absolute Gasteiger partial charge is 0.155 e. The summed E-state index contributed by atoms with van der Waals surface area (Å²) in [6, 6.07) is 0. The molecule has 0 aromatic rings. The van der Waals surface area contributed by atoms with Crippen LogP contribution in [-0.2, 0) is 4.79 Å². The lowest BCUT2D eigenvalue weighted by molar-refractivity contribution is -0.116. The first-order chi connectivity index (χ1) is 13.7. The van der Waals surface area contributed by atoms with Crippen molar-refractivity contribution in [2.45, 2.75) is 86.5 Å². The first-order valence-electron chi connectivity index (χ1n) is 12.3. The minimum absolute atomic E-state index is 0.246. The van der Waals surface area contributed by atoms with E-state index in [9.17, 15) is 4.79 Å². The Morgan fingerprint density at radius 2 is 1.76 bits per heavy atom. The third kappa shape index (κ3) is 3.41. The van der Waals surface area contributed by atoms with Crippen molar-refractivity contribution in [2.75, 3.05) is 0 Å². The fraction of sp³-hybridized carbons (Fsp3) is 0.750. The van der Waals surface area contributed by atoms with E-state index in [0.29, 0.717) is 29.0 Å².